The molecule has 0 atom stereocenters. The first-order chi connectivity index (χ1) is 18.8. The Hall–Kier alpha value is -3.24. The molecule has 0 spiro atoms. The van der Waals surface area contributed by atoms with Crippen molar-refractivity contribution in [3.05, 3.63) is 107 Å². The van der Waals surface area contributed by atoms with E-state index in [-0.39, 0.29) is 5.91 Å². The van der Waals surface area contributed by atoms with Crippen molar-refractivity contribution < 1.29 is 4.79 Å². The number of pyridine rings is 1. The van der Waals surface area contributed by atoms with Gasteiger partial charge in [0, 0.05) is 30.9 Å². The number of benzene rings is 2. The Kier molecular flexibility index (Phi) is 9.39. The van der Waals surface area contributed by atoms with Crippen molar-refractivity contribution in [1.29, 1.82) is 0 Å². The second-order valence-electron chi connectivity index (χ2n) is 10.9. The lowest BCUT2D eigenvalue weighted by Gasteiger charge is -2.37. The van der Waals surface area contributed by atoms with Crippen LogP contribution in [0.3, 0.4) is 0 Å². The quantitative estimate of drug-likeness (QED) is 0.255. The molecule has 0 radical (unpaired) electrons. The number of carbonyl (C=O) groups is 1. The van der Waals surface area contributed by atoms with Crippen molar-refractivity contribution in [3.8, 4) is 0 Å². The first-order valence-corrected chi connectivity index (χ1v) is 14.5. The van der Waals surface area contributed by atoms with Crippen LogP contribution in [0.5, 0.6) is 0 Å². The largest absolute Gasteiger partial charge is 0.353 e. The minimum absolute atomic E-state index is 0.0318. The summed E-state index contributed by atoms with van der Waals surface area (Å²) in [5.41, 5.74) is 7.20. The smallest absolute Gasteiger partial charge is 0.243 e. The highest BCUT2D eigenvalue weighted by molar-refractivity contribution is 5.91. The molecule has 5 rings (SSSR count). The van der Waals surface area contributed by atoms with Crippen LogP contribution in [-0.4, -0.2) is 42.0 Å². The number of carbonyl (C=O) groups excluding carboxylic acids is 1. The molecule has 1 aliphatic carbocycles. The van der Waals surface area contributed by atoms with Crippen LogP contribution in [0.15, 0.2) is 79.1 Å². The van der Waals surface area contributed by atoms with Gasteiger partial charge in [-0.05, 0) is 104 Å². The Morgan fingerprint density at radius 1 is 0.868 bits per heavy atom. The molecule has 198 valence electrons. The van der Waals surface area contributed by atoms with Crippen LogP contribution in [0.4, 0.5) is 0 Å². The van der Waals surface area contributed by atoms with E-state index in [1.54, 1.807) is 46.8 Å². The van der Waals surface area contributed by atoms with Gasteiger partial charge in [-0.25, -0.2) is 0 Å². The Morgan fingerprint density at radius 3 is 2.24 bits per heavy atom. The van der Waals surface area contributed by atoms with Crippen molar-refractivity contribution in [2.24, 2.45) is 5.92 Å². The van der Waals surface area contributed by atoms with Crippen molar-refractivity contribution >= 4 is 12.0 Å². The fraction of sp³-hybridized carbons (Fsp3) is 0.412. The number of amides is 1. The van der Waals surface area contributed by atoms with Crippen molar-refractivity contribution in [1.82, 2.24) is 15.2 Å². The first kappa shape index (κ1) is 26.4. The number of unbranched alkanes of at least 4 members (excludes halogenated alkanes) is 3. The van der Waals surface area contributed by atoms with Crippen molar-refractivity contribution in [2.75, 3.05) is 26.2 Å². The second kappa shape index (κ2) is 13.5. The highest BCUT2D eigenvalue weighted by Gasteiger charge is 2.32. The van der Waals surface area contributed by atoms with Crippen LogP contribution in [0.1, 0.15) is 72.3 Å². The lowest BCUT2D eigenvalue weighted by Crippen LogP contribution is -2.36. The third kappa shape index (κ3) is 6.99. The third-order valence-electron chi connectivity index (χ3n) is 8.36. The maximum Gasteiger partial charge on any atom is 0.243 e. The van der Waals surface area contributed by atoms with Gasteiger partial charge in [0.1, 0.15) is 0 Å². The number of hydrogen-bond donors (Lipinski definition) is 1. The Morgan fingerprint density at radius 2 is 1.55 bits per heavy atom. The van der Waals surface area contributed by atoms with E-state index in [1.807, 2.05) is 12.1 Å². The van der Waals surface area contributed by atoms with Crippen LogP contribution in [0.2, 0.25) is 0 Å². The minimum atomic E-state index is -0.0318. The van der Waals surface area contributed by atoms with Crippen LogP contribution in [-0.2, 0) is 17.6 Å². The molecular weight excluding hydrogens is 466 g/mol. The number of hydrogen-bond acceptors (Lipinski definition) is 3. The maximum absolute atomic E-state index is 12.0. The molecule has 1 amide bonds. The maximum atomic E-state index is 12.0. The number of piperidine rings is 1. The normalized spacial score (nSPS) is 16.6. The van der Waals surface area contributed by atoms with Crippen molar-refractivity contribution in [3.63, 3.8) is 0 Å². The topological polar surface area (TPSA) is 45.2 Å². The summed E-state index contributed by atoms with van der Waals surface area (Å²) in [5, 5.41) is 2.99. The van der Waals surface area contributed by atoms with E-state index < -0.39 is 0 Å². The van der Waals surface area contributed by atoms with Gasteiger partial charge >= 0.3 is 0 Å². The zero-order chi connectivity index (χ0) is 26.0. The average Bonchev–Trinajstić information content (AvgIpc) is 3.13. The van der Waals surface area contributed by atoms with Gasteiger partial charge in [-0.15, -0.1) is 0 Å². The van der Waals surface area contributed by atoms with E-state index in [0.717, 1.165) is 37.3 Å². The SMILES string of the molecule is O=C(C=Cc1cccnc1)NCCCCCCN1CCC(C2c3ccccc3CCc3ccccc32)CC1. The van der Waals surface area contributed by atoms with E-state index in [2.05, 4.69) is 63.7 Å². The summed E-state index contributed by atoms with van der Waals surface area (Å²) in [7, 11) is 0. The Bertz CT molecular complexity index is 1150. The van der Waals surface area contributed by atoms with Gasteiger partial charge in [0.2, 0.25) is 5.91 Å². The molecule has 4 nitrogen and oxygen atoms in total. The monoisotopic (exact) mass is 507 g/mol. The molecule has 1 saturated heterocycles. The molecule has 2 aliphatic rings. The number of aryl methyl sites for hydroxylation is 2. The zero-order valence-corrected chi connectivity index (χ0v) is 22.5. The fourth-order valence-electron chi connectivity index (χ4n) is 6.32. The van der Waals surface area contributed by atoms with Gasteiger partial charge in [-0.1, -0.05) is 67.4 Å². The van der Waals surface area contributed by atoms with Gasteiger partial charge in [-0.3, -0.25) is 9.78 Å². The molecule has 3 aromatic rings. The van der Waals surface area contributed by atoms with Gasteiger partial charge in [-0.2, -0.15) is 0 Å². The molecule has 38 heavy (non-hydrogen) atoms. The summed E-state index contributed by atoms with van der Waals surface area (Å²) in [6.07, 6.45) is 16.4. The summed E-state index contributed by atoms with van der Waals surface area (Å²) < 4.78 is 0. The lowest BCUT2D eigenvalue weighted by atomic mass is 9.74. The van der Waals surface area contributed by atoms with Gasteiger partial charge < -0.3 is 10.2 Å². The standard InChI is InChI=1S/C34H41N3O/c38-33(18-15-27-10-9-21-35-26-27)36-22-7-1-2-8-23-37-24-19-30(20-25-37)34-31-13-5-3-11-28(31)16-17-29-12-4-6-14-32(29)34/h3-6,9-15,18,21,26,30,34H,1-2,7-8,16-17,19-20,22-25H2,(H,36,38). The molecule has 2 heterocycles. The van der Waals surface area contributed by atoms with E-state index in [0.29, 0.717) is 5.92 Å². The average molecular weight is 508 g/mol. The number of fused-ring (bicyclic) bond motifs is 2. The molecule has 1 aromatic heterocycles. The molecule has 1 aliphatic heterocycles. The predicted molar refractivity (Wildman–Crippen MR) is 156 cm³/mol. The molecule has 1 N–H and O–H groups in total. The number of rotatable bonds is 10. The summed E-state index contributed by atoms with van der Waals surface area (Å²) in [4.78, 5) is 18.7. The van der Waals surface area contributed by atoms with Gasteiger partial charge in [0.05, 0.1) is 0 Å². The molecule has 4 heteroatoms. The fourth-order valence-corrected chi connectivity index (χ4v) is 6.32. The molecule has 0 saturated carbocycles. The van der Waals surface area contributed by atoms with Gasteiger partial charge in [0.25, 0.3) is 0 Å². The molecule has 0 bridgehead atoms. The molecule has 1 fully saturated rings. The summed E-state index contributed by atoms with van der Waals surface area (Å²) in [6, 6.07) is 22.2. The number of aromatic nitrogens is 1. The van der Waals surface area contributed by atoms with Crippen LogP contribution in [0, 0.1) is 5.92 Å². The summed E-state index contributed by atoms with van der Waals surface area (Å²) in [5.74, 6) is 1.24. The Balaban J connectivity index is 1.02. The zero-order valence-electron chi connectivity index (χ0n) is 22.5. The highest BCUT2D eigenvalue weighted by atomic mass is 16.1. The number of nitrogens with one attached hydrogen (secondary N) is 1. The van der Waals surface area contributed by atoms with Gasteiger partial charge in [0.15, 0.2) is 0 Å². The lowest BCUT2D eigenvalue weighted by molar-refractivity contribution is -0.116. The minimum Gasteiger partial charge on any atom is -0.353 e. The van der Waals surface area contributed by atoms with E-state index in [4.69, 9.17) is 0 Å². The third-order valence-corrected chi connectivity index (χ3v) is 8.36. The molecule has 0 unspecified atom stereocenters. The second-order valence-corrected chi connectivity index (χ2v) is 10.9. The summed E-state index contributed by atoms with van der Waals surface area (Å²) >= 11 is 0. The predicted octanol–water partition coefficient (Wildman–Crippen LogP) is 6.41. The number of nitrogens with zero attached hydrogens (tertiary/aromatic N) is 2. The van der Waals surface area contributed by atoms with Crippen LogP contribution < -0.4 is 5.32 Å². The van der Waals surface area contributed by atoms with Crippen LogP contribution in [0.25, 0.3) is 6.08 Å². The molecular formula is C34H41N3O. The number of likely N-dealkylation sites (tertiary alicyclic amines) is 1. The van der Waals surface area contributed by atoms with Crippen LogP contribution >= 0.6 is 0 Å². The molecule has 2 aromatic carbocycles. The van der Waals surface area contributed by atoms with E-state index in [9.17, 15) is 4.79 Å². The Labute approximate surface area is 228 Å². The summed E-state index contributed by atoms with van der Waals surface area (Å²) in [6.45, 7) is 4.37. The van der Waals surface area contributed by atoms with E-state index in [1.165, 1.54) is 51.7 Å². The van der Waals surface area contributed by atoms with Crippen molar-refractivity contribution in [2.45, 2.75) is 57.3 Å². The van der Waals surface area contributed by atoms with E-state index >= 15 is 0 Å². The first-order valence-electron chi connectivity index (χ1n) is 14.5. The highest BCUT2D eigenvalue weighted by Crippen LogP contribution is 2.42.